The molecule has 0 spiro atoms. The average molecular weight is 417 g/mol. The Balaban J connectivity index is 1.57. The zero-order valence-electron chi connectivity index (χ0n) is 16.9. The molecule has 1 saturated heterocycles. The number of nitrogens with zero attached hydrogens (tertiary/aromatic N) is 1. The molecule has 0 aliphatic carbocycles. The summed E-state index contributed by atoms with van der Waals surface area (Å²) in [5.74, 6) is 0.794. The number of nitrogens with one attached hydrogen (secondary N) is 1. The molecule has 2 aromatic carbocycles. The maximum atomic E-state index is 13.0. The number of carbonyl (C=O) groups excluding carboxylic acids is 1. The van der Waals surface area contributed by atoms with E-state index in [-0.39, 0.29) is 11.8 Å². The molecule has 3 rings (SSSR count). The molecule has 29 heavy (non-hydrogen) atoms. The van der Waals surface area contributed by atoms with Gasteiger partial charge < -0.3 is 10.1 Å². The van der Waals surface area contributed by atoms with Crippen molar-refractivity contribution in [2.45, 2.75) is 37.5 Å². The second-order valence-electron chi connectivity index (χ2n) is 7.46. The third kappa shape index (κ3) is 5.36. The van der Waals surface area contributed by atoms with E-state index in [4.69, 9.17) is 4.74 Å². The van der Waals surface area contributed by atoms with Gasteiger partial charge in [-0.3, -0.25) is 4.79 Å². The molecule has 1 N–H and O–H groups in total. The van der Waals surface area contributed by atoms with E-state index in [0.717, 1.165) is 18.4 Å². The van der Waals surface area contributed by atoms with Crippen molar-refractivity contribution in [1.82, 2.24) is 4.31 Å². The lowest BCUT2D eigenvalue weighted by Crippen LogP contribution is -2.40. The lowest BCUT2D eigenvalue weighted by atomic mass is 9.94. The van der Waals surface area contributed by atoms with Crippen molar-refractivity contribution in [2.24, 2.45) is 5.92 Å². The van der Waals surface area contributed by atoms with E-state index in [0.29, 0.717) is 42.3 Å². The van der Waals surface area contributed by atoms with Gasteiger partial charge in [0.1, 0.15) is 5.75 Å². The highest BCUT2D eigenvalue weighted by atomic mass is 32.2. The van der Waals surface area contributed by atoms with E-state index in [9.17, 15) is 13.2 Å². The summed E-state index contributed by atoms with van der Waals surface area (Å²) in [5.41, 5.74) is 1.45. The monoisotopic (exact) mass is 416 g/mol. The van der Waals surface area contributed by atoms with E-state index in [2.05, 4.69) is 5.32 Å². The number of rotatable bonds is 7. The maximum Gasteiger partial charge on any atom is 0.243 e. The molecule has 1 amide bonds. The number of hydrogen-bond donors (Lipinski definition) is 1. The Morgan fingerprint density at radius 1 is 1.21 bits per heavy atom. The molecule has 0 aromatic heterocycles. The number of methoxy groups -OCH3 is 1. The molecule has 1 heterocycles. The molecule has 7 heteroatoms. The minimum Gasteiger partial charge on any atom is -0.497 e. The Labute approximate surface area is 172 Å². The summed E-state index contributed by atoms with van der Waals surface area (Å²) in [4.78, 5) is 12.7. The highest BCUT2D eigenvalue weighted by Gasteiger charge is 2.31. The second-order valence-corrected chi connectivity index (χ2v) is 9.36. The van der Waals surface area contributed by atoms with Crippen LogP contribution in [0.2, 0.25) is 0 Å². The fourth-order valence-corrected chi connectivity index (χ4v) is 5.51. The minimum absolute atomic E-state index is 0.0721. The van der Waals surface area contributed by atoms with E-state index < -0.39 is 10.0 Å². The van der Waals surface area contributed by atoms with Crippen molar-refractivity contribution < 1.29 is 17.9 Å². The van der Waals surface area contributed by atoms with Crippen molar-refractivity contribution in [3.63, 3.8) is 0 Å². The highest BCUT2D eigenvalue weighted by molar-refractivity contribution is 7.89. The number of sulfonamides is 1. The van der Waals surface area contributed by atoms with Crippen molar-refractivity contribution in [3.05, 3.63) is 54.1 Å². The van der Waals surface area contributed by atoms with Gasteiger partial charge in [-0.15, -0.1) is 0 Å². The smallest absolute Gasteiger partial charge is 0.243 e. The normalized spacial score (nSPS) is 17.7. The lowest BCUT2D eigenvalue weighted by molar-refractivity contribution is -0.116. The first kappa shape index (κ1) is 21.3. The van der Waals surface area contributed by atoms with Crippen LogP contribution < -0.4 is 10.1 Å². The summed E-state index contributed by atoms with van der Waals surface area (Å²) in [6.45, 7) is 2.81. The second kappa shape index (κ2) is 9.41. The fourth-order valence-electron chi connectivity index (χ4n) is 3.73. The largest absolute Gasteiger partial charge is 0.497 e. The zero-order valence-corrected chi connectivity index (χ0v) is 17.7. The summed E-state index contributed by atoms with van der Waals surface area (Å²) >= 11 is 0. The van der Waals surface area contributed by atoms with Gasteiger partial charge in [-0.25, -0.2) is 8.42 Å². The minimum atomic E-state index is -3.50. The molecule has 1 unspecified atom stereocenters. The van der Waals surface area contributed by atoms with Gasteiger partial charge in [0.05, 0.1) is 12.0 Å². The SMILES string of the molecule is COc1cccc(NC(=O)CCC2CCCN(S(=O)(=O)c3ccccc3C)C2)c1. The summed E-state index contributed by atoms with van der Waals surface area (Å²) < 4.78 is 32.8. The number of anilines is 1. The van der Waals surface area contributed by atoms with Gasteiger partial charge in [-0.05, 0) is 55.9 Å². The molecular weight excluding hydrogens is 388 g/mol. The quantitative estimate of drug-likeness (QED) is 0.744. The molecular formula is C22H28N2O4S. The van der Waals surface area contributed by atoms with E-state index in [1.807, 2.05) is 37.3 Å². The van der Waals surface area contributed by atoms with Crippen LogP contribution in [0.5, 0.6) is 5.75 Å². The Morgan fingerprint density at radius 2 is 2.00 bits per heavy atom. The number of ether oxygens (including phenoxy) is 1. The predicted molar refractivity (Wildman–Crippen MR) is 114 cm³/mol. The predicted octanol–water partition coefficient (Wildman–Crippen LogP) is 3.82. The molecule has 1 atom stereocenters. The third-order valence-corrected chi connectivity index (χ3v) is 7.35. The van der Waals surface area contributed by atoms with Gasteiger partial charge in [-0.1, -0.05) is 24.3 Å². The molecule has 1 fully saturated rings. The topological polar surface area (TPSA) is 75.7 Å². The van der Waals surface area contributed by atoms with Crippen LogP contribution in [-0.2, 0) is 14.8 Å². The van der Waals surface area contributed by atoms with Crippen LogP contribution in [0.3, 0.4) is 0 Å². The van der Waals surface area contributed by atoms with Crippen LogP contribution in [0, 0.1) is 12.8 Å². The zero-order chi connectivity index (χ0) is 20.9. The molecule has 0 bridgehead atoms. The van der Waals surface area contributed by atoms with Gasteiger partial charge in [0.2, 0.25) is 15.9 Å². The van der Waals surface area contributed by atoms with Crippen molar-refractivity contribution in [1.29, 1.82) is 0 Å². The van der Waals surface area contributed by atoms with Crippen LogP contribution >= 0.6 is 0 Å². The van der Waals surface area contributed by atoms with Crippen LogP contribution in [0.25, 0.3) is 0 Å². The van der Waals surface area contributed by atoms with Gasteiger partial charge in [-0.2, -0.15) is 4.31 Å². The number of benzene rings is 2. The third-order valence-electron chi connectivity index (χ3n) is 5.33. The molecule has 1 aliphatic rings. The molecule has 2 aromatic rings. The van der Waals surface area contributed by atoms with Crippen LogP contribution in [-0.4, -0.2) is 38.8 Å². The Hall–Kier alpha value is -2.38. The van der Waals surface area contributed by atoms with Crippen LogP contribution in [0.15, 0.2) is 53.4 Å². The van der Waals surface area contributed by atoms with Gasteiger partial charge in [0.25, 0.3) is 0 Å². The van der Waals surface area contributed by atoms with Gasteiger partial charge >= 0.3 is 0 Å². The first-order chi connectivity index (χ1) is 13.9. The number of carbonyl (C=O) groups is 1. The Morgan fingerprint density at radius 3 is 2.76 bits per heavy atom. The van der Waals surface area contributed by atoms with E-state index in [1.54, 1.807) is 29.6 Å². The number of piperidine rings is 1. The number of hydrogen-bond acceptors (Lipinski definition) is 4. The first-order valence-corrected chi connectivity index (χ1v) is 11.3. The van der Waals surface area contributed by atoms with E-state index in [1.165, 1.54) is 0 Å². The summed E-state index contributed by atoms with van der Waals surface area (Å²) in [7, 11) is -1.92. The van der Waals surface area contributed by atoms with Crippen molar-refractivity contribution >= 4 is 21.6 Å². The van der Waals surface area contributed by atoms with Gasteiger partial charge in [0.15, 0.2) is 0 Å². The maximum absolute atomic E-state index is 13.0. The molecule has 0 saturated carbocycles. The summed E-state index contributed by atoms with van der Waals surface area (Å²) in [6.07, 6.45) is 2.77. The average Bonchev–Trinajstić information content (AvgIpc) is 2.73. The summed E-state index contributed by atoms with van der Waals surface area (Å²) in [6, 6.07) is 14.3. The van der Waals surface area contributed by atoms with Crippen LogP contribution in [0.1, 0.15) is 31.2 Å². The Bertz CT molecular complexity index is 959. The molecule has 156 valence electrons. The first-order valence-electron chi connectivity index (χ1n) is 9.90. The summed E-state index contributed by atoms with van der Waals surface area (Å²) in [5, 5.41) is 2.88. The molecule has 6 nitrogen and oxygen atoms in total. The molecule has 1 aliphatic heterocycles. The van der Waals surface area contributed by atoms with Gasteiger partial charge in [0, 0.05) is 31.3 Å². The fraction of sp³-hybridized carbons (Fsp3) is 0.409. The van der Waals surface area contributed by atoms with Crippen molar-refractivity contribution in [2.75, 3.05) is 25.5 Å². The standard InChI is InChI=1S/C22H28N2O4S/c1-17-7-3-4-11-21(17)29(26,27)24-14-6-8-18(16-24)12-13-22(25)23-19-9-5-10-20(15-19)28-2/h3-5,7,9-11,15,18H,6,8,12-14,16H2,1-2H3,(H,23,25). The molecule has 0 radical (unpaired) electrons. The van der Waals surface area contributed by atoms with Crippen LogP contribution in [0.4, 0.5) is 5.69 Å². The number of amides is 1. The lowest BCUT2D eigenvalue weighted by Gasteiger charge is -2.32. The highest BCUT2D eigenvalue weighted by Crippen LogP contribution is 2.28. The van der Waals surface area contributed by atoms with E-state index >= 15 is 0 Å². The van der Waals surface area contributed by atoms with Crippen molar-refractivity contribution in [3.8, 4) is 5.75 Å². The Kier molecular flexibility index (Phi) is 6.92. The number of aryl methyl sites for hydroxylation is 1.